The minimum absolute atomic E-state index is 0.0539. The summed E-state index contributed by atoms with van der Waals surface area (Å²) >= 11 is 6.01. The van der Waals surface area contributed by atoms with E-state index in [1.54, 1.807) is 25.1 Å². The number of anilines is 1. The molecule has 23 heavy (non-hydrogen) atoms. The molecule has 0 saturated heterocycles. The van der Waals surface area contributed by atoms with E-state index in [0.29, 0.717) is 12.2 Å². The molecule has 2 aromatic carbocycles. The molecule has 0 radical (unpaired) electrons. The van der Waals surface area contributed by atoms with Gasteiger partial charge in [-0.15, -0.1) is 0 Å². The normalized spacial score (nSPS) is 11.1. The van der Waals surface area contributed by atoms with Gasteiger partial charge in [-0.3, -0.25) is 9.52 Å². The maximum Gasteiger partial charge on any atom is 0.263 e. The first kappa shape index (κ1) is 17.3. The van der Waals surface area contributed by atoms with Crippen molar-refractivity contribution in [2.45, 2.75) is 18.7 Å². The number of amides is 1. The van der Waals surface area contributed by atoms with E-state index in [-0.39, 0.29) is 21.4 Å². The van der Waals surface area contributed by atoms with Crippen molar-refractivity contribution in [3.63, 3.8) is 0 Å². The van der Waals surface area contributed by atoms with E-state index < -0.39 is 10.0 Å². The van der Waals surface area contributed by atoms with E-state index in [1.165, 1.54) is 18.2 Å². The molecule has 2 N–H and O–H groups in total. The van der Waals surface area contributed by atoms with E-state index in [2.05, 4.69) is 10.0 Å². The molecule has 5 nitrogen and oxygen atoms in total. The van der Waals surface area contributed by atoms with Crippen LogP contribution in [0, 0.1) is 6.92 Å². The number of carbonyl (C=O) groups is 1. The van der Waals surface area contributed by atoms with Crippen LogP contribution in [0.15, 0.2) is 47.4 Å². The van der Waals surface area contributed by atoms with Gasteiger partial charge in [0.25, 0.3) is 15.9 Å². The van der Waals surface area contributed by atoms with Gasteiger partial charge in [0.1, 0.15) is 4.90 Å². The molecule has 122 valence electrons. The molecule has 7 heteroatoms. The molecule has 0 aliphatic carbocycles. The zero-order valence-electron chi connectivity index (χ0n) is 12.8. The predicted octanol–water partition coefficient (Wildman–Crippen LogP) is 3.20. The lowest BCUT2D eigenvalue weighted by molar-refractivity contribution is 0.0955. The van der Waals surface area contributed by atoms with E-state index in [0.717, 1.165) is 5.56 Å². The molecule has 0 atom stereocenters. The van der Waals surface area contributed by atoms with Gasteiger partial charge in [0.2, 0.25) is 0 Å². The number of rotatable bonds is 5. The topological polar surface area (TPSA) is 75.3 Å². The standard InChI is InChI=1S/C16H17ClN2O3S/c1-3-18-16(20)12-7-8-14(17)15(10-12)23(21,22)19-13-6-4-5-11(2)9-13/h4-10,19H,3H2,1-2H3,(H,18,20). The van der Waals surface area contributed by atoms with Crippen LogP contribution in [0.25, 0.3) is 0 Å². The molecule has 0 aliphatic heterocycles. The lowest BCUT2D eigenvalue weighted by Gasteiger charge is -2.11. The van der Waals surface area contributed by atoms with Crippen molar-refractivity contribution in [3.05, 3.63) is 58.6 Å². The van der Waals surface area contributed by atoms with Crippen LogP contribution in [0.4, 0.5) is 5.69 Å². The number of aryl methyl sites for hydroxylation is 1. The Kier molecular flexibility index (Phi) is 5.28. The average molecular weight is 353 g/mol. The quantitative estimate of drug-likeness (QED) is 0.867. The zero-order chi connectivity index (χ0) is 17.0. The van der Waals surface area contributed by atoms with Crippen molar-refractivity contribution in [2.75, 3.05) is 11.3 Å². The van der Waals surface area contributed by atoms with E-state index in [4.69, 9.17) is 11.6 Å². The Balaban J connectivity index is 2.39. The van der Waals surface area contributed by atoms with Gasteiger partial charge in [0.05, 0.1) is 5.02 Å². The van der Waals surface area contributed by atoms with Crippen LogP contribution in [0.2, 0.25) is 5.02 Å². The van der Waals surface area contributed by atoms with Crippen LogP contribution >= 0.6 is 11.6 Å². The van der Waals surface area contributed by atoms with Crippen LogP contribution in [0.5, 0.6) is 0 Å². The third-order valence-corrected chi connectivity index (χ3v) is 4.95. The Bertz CT molecular complexity index is 835. The maximum atomic E-state index is 12.5. The summed E-state index contributed by atoms with van der Waals surface area (Å²) in [5.74, 6) is -0.351. The van der Waals surface area contributed by atoms with E-state index in [9.17, 15) is 13.2 Å². The Morgan fingerprint density at radius 2 is 1.91 bits per heavy atom. The molecule has 0 bridgehead atoms. The zero-order valence-corrected chi connectivity index (χ0v) is 14.3. The van der Waals surface area contributed by atoms with E-state index >= 15 is 0 Å². The summed E-state index contributed by atoms with van der Waals surface area (Å²) in [6, 6.07) is 11.1. The van der Waals surface area contributed by atoms with Gasteiger partial charge >= 0.3 is 0 Å². The smallest absolute Gasteiger partial charge is 0.263 e. The molecule has 0 fully saturated rings. The molecule has 0 aromatic heterocycles. The third-order valence-electron chi connectivity index (χ3n) is 3.09. The first-order valence-electron chi connectivity index (χ1n) is 7.00. The van der Waals surface area contributed by atoms with Crippen LogP contribution in [-0.4, -0.2) is 20.9 Å². The van der Waals surface area contributed by atoms with Gasteiger partial charge in [-0.2, -0.15) is 0 Å². The molecular weight excluding hydrogens is 336 g/mol. The largest absolute Gasteiger partial charge is 0.352 e. The Labute approximate surface area is 140 Å². The number of nitrogens with one attached hydrogen (secondary N) is 2. The van der Waals surface area contributed by atoms with Gasteiger partial charge in [-0.25, -0.2) is 8.42 Å². The molecule has 0 aliphatic rings. The number of benzene rings is 2. The highest BCUT2D eigenvalue weighted by atomic mass is 35.5. The summed E-state index contributed by atoms with van der Waals surface area (Å²) in [7, 11) is -3.89. The van der Waals surface area contributed by atoms with Crippen LogP contribution in [0.1, 0.15) is 22.8 Å². The Hall–Kier alpha value is -2.05. The molecule has 1 amide bonds. The van der Waals surface area contributed by atoms with Gasteiger partial charge in [-0.1, -0.05) is 23.7 Å². The first-order chi connectivity index (χ1) is 10.8. The molecular formula is C16H17ClN2O3S. The first-order valence-corrected chi connectivity index (χ1v) is 8.87. The van der Waals surface area contributed by atoms with Crippen molar-refractivity contribution in [1.82, 2.24) is 5.32 Å². The second-order valence-electron chi connectivity index (χ2n) is 4.98. The van der Waals surface area contributed by atoms with Gasteiger partial charge in [-0.05, 0) is 49.7 Å². The lowest BCUT2D eigenvalue weighted by atomic mass is 10.2. The highest BCUT2D eigenvalue weighted by Crippen LogP contribution is 2.25. The summed E-state index contributed by atoms with van der Waals surface area (Å²) in [5, 5.41) is 2.67. The highest BCUT2D eigenvalue weighted by Gasteiger charge is 2.20. The molecule has 0 heterocycles. The van der Waals surface area contributed by atoms with Crippen LogP contribution in [0.3, 0.4) is 0 Å². The fourth-order valence-corrected chi connectivity index (χ4v) is 3.61. The Morgan fingerprint density at radius 3 is 2.57 bits per heavy atom. The van der Waals surface area contributed by atoms with Gasteiger partial charge in [0.15, 0.2) is 0 Å². The fraction of sp³-hybridized carbons (Fsp3) is 0.188. The predicted molar refractivity (Wildman–Crippen MR) is 91.4 cm³/mol. The van der Waals surface area contributed by atoms with E-state index in [1.807, 2.05) is 13.0 Å². The number of hydrogen-bond acceptors (Lipinski definition) is 3. The SMILES string of the molecule is CCNC(=O)c1ccc(Cl)c(S(=O)(=O)Nc2cccc(C)c2)c1. The molecule has 0 unspecified atom stereocenters. The van der Waals surface area contributed by atoms with Crippen molar-refractivity contribution in [3.8, 4) is 0 Å². The number of halogens is 1. The van der Waals surface area contributed by atoms with Crippen molar-refractivity contribution in [1.29, 1.82) is 0 Å². The van der Waals surface area contributed by atoms with Crippen molar-refractivity contribution >= 4 is 33.2 Å². The monoisotopic (exact) mass is 352 g/mol. The van der Waals surface area contributed by atoms with Crippen LogP contribution in [-0.2, 0) is 10.0 Å². The molecule has 2 rings (SSSR count). The molecule has 0 spiro atoms. The number of hydrogen-bond donors (Lipinski definition) is 2. The second-order valence-corrected chi connectivity index (χ2v) is 7.04. The van der Waals surface area contributed by atoms with Gasteiger partial charge < -0.3 is 5.32 Å². The average Bonchev–Trinajstić information content (AvgIpc) is 2.47. The number of sulfonamides is 1. The summed E-state index contributed by atoms with van der Waals surface area (Å²) < 4.78 is 27.5. The summed E-state index contributed by atoms with van der Waals surface area (Å²) in [4.78, 5) is 11.7. The molecule has 2 aromatic rings. The second kappa shape index (κ2) is 7.02. The van der Waals surface area contributed by atoms with Crippen molar-refractivity contribution < 1.29 is 13.2 Å². The third kappa shape index (κ3) is 4.24. The minimum Gasteiger partial charge on any atom is -0.352 e. The molecule has 0 saturated carbocycles. The summed E-state index contributed by atoms with van der Waals surface area (Å²) in [6.07, 6.45) is 0. The lowest BCUT2D eigenvalue weighted by Crippen LogP contribution is -2.23. The van der Waals surface area contributed by atoms with Crippen LogP contribution < -0.4 is 10.0 Å². The summed E-state index contributed by atoms with van der Waals surface area (Å²) in [6.45, 7) is 4.09. The van der Waals surface area contributed by atoms with Crippen molar-refractivity contribution in [2.24, 2.45) is 0 Å². The minimum atomic E-state index is -3.89. The Morgan fingerprint density at radius 1 is 1.17 bits per heavy atom. The maximum absolute atomic E-state index is 12.5. The number of carbonyl (C=O) groups excluding carboxylic acids is 1. The summed E-state index contributed by atoms with van der Waals surface area (Å²) in [5.41, 5.74) is 1.60. The van der Waals surface area contributed by atoms with Gasteiger partial charge in [0, 0.05) is 17.8 Å². The highest BCUT2D eigenvalue weighted by molar-refractivity contribution is 7.92. The fourth-order valence-electron chi connectivity index (χ4n) is 2.03.